The lowest BCUT2D eigenvalue weighted by molar-refractivity contribution is -0.143. The lowest BCUT2D eigenvalue weighted by Gasteiger charge is -2.16. The van der Waals surface area contributed by atoms with Crippen LogP contribution in [0.4, 0.5) is 10.5 Å². The lowest BCUT2D eigenvalue weighted by atomic mass is 10.1. The Labute approximate surface area is 176 Å². The van der Waals surface area contributed by atoms with Crippen LogP contribution >= 0.6 is 22.6 Å². The number of alkyl carbamates (subject to hydrolysis) is 1. The summed E-state index contributed by atoms with van der Waals surface area (Å²) in [5.74, 6) is -0.909. The first kappa shape index (κ1) is 21.7. The maximum absolute atomic E-state index is 12.1. The molecule has 1 atom stereocenters. The second kappa shape index (κ2) is 11.3. The van der Waals surface area contributed by atoms with Crippen molar-refractivity contribution < 1.29 is 23.9 Å². The van der Waals surface area contributed by atoms with Gasteiger partial charge in [-0.3, -0.25) is 4.79 Å². The minimum absolute atomic E-state index is 0.0325. The van der Waals surface area contributed by atoms with Gasteiger partial charge in [-0.25, -0.2) is 9.59 Å². The van der Waals surface area contributed by atoms with E-state index in [9.17, 15) is 14.4 Å². The summed E-state index contributed by atoms with van der Waals surface area (Å²) in [6.45, 7) is 0.0772. The molecule has 2 aromatic rings. The summed E-state index contributed by atoms with van der Waals surface area (Å²) in [7, 11) is 1.22. The Balaban J connectivity index is 1.83. The van der Waals surface area contributed by atoms with Crippen LogP contribution in [0.5, 0.6) is 0 Å². The topological polar surface area (TPSA) is 93.7 Å². The van der Waals surface area contributed by atoms with Gasteiger partial charge in [0.15, 0.2) is 0 Å². The maximum atomic E-state index is 12.1. The quantitative estimate of drug-likeness (QED) is 0.431. The second-order valence-corrected chi connectivity index (χ2v) is 7.12. The fourth-order valence-electron chi connectivity index (χ4n) is 2.33. The highest BCUT2D eigenvalue weighted by atomic mass is 127. The number of rotatable bonds is 8. The molecule has 28 heavy (non-hydrogen) atoms. The largest absolute Gasteiger partial charge is 0.467 e. The Morgan fingerprint density at radius 3 is 2.36 bits per heavy atom. The van der Waals surface area contributed by atoms with Crippen LogP contribution in [-0.2, 0) is 25.7 Å². The van der Waals surface area contributed by atoms with Crippen molar-refractivity contribution in [2.75, 3.05) is 12.4 Å². The third-order valence-corrected chi connectivity index (χ3v) is 4.50. The van der Waals surface area contributed by atoms with E-state index < -0.39 is 18.1 Å². The average molecular weight is 496 g/mol. The molecule has 0 unspecified atom stereocenters. The van der Waals surface area contributed by atoms with Gasteiger partial charge < -0.3 is 20.1 Å². The number of esters is 1. The van der Waals surface area contributed by atoms with E-state index in [0.29, 0.717) is 5.69 Å². The van der Waals surface area contributed by atoms with Gasteiger partial charge in [0.2, 0.25) is 5.91 Å². The van der Waals surface area contributed by atoms with Crippen LogP contribution < -0.4 is 10.6 Å². The number of hydrogen-bond donors (Lipinski definition) is 2. The highest BCUT2D eigenvalue weighted by Crippen LogP contribution is 2.12. The van der Waals surface area contributed by atoms with Gasteiger partial charge >= 0.3 is 12.1 Å². The minimum Gasteiger partial charge on any atom is -0.467 e. The molecule has 0 heterocycles. The van der Waals surface area contributed by atoms with Crippen molar-refractivity contribution in [3.63, 3.8) is 0 Å². The van der Waals surface area contributed by atoms with Crippen molar-refractivity contribution in [3.05, 3.63) is 63.7 Å². The molecule has 0 radical (unpaired) electrons. The molecule has 8 heteroatoms. The van der Waals surface area contributed by atoms with Crippen LogP contribution in [0.2, 0.25) is 0 Å². The summed E-state index contributed by atoms with van der Waals surface area (Å²) in [6.07, 6.45) is -0.633. The standard InChI is InChI=1S/C20H21IN2O5/c1-27-19(25)17(23-20(26)28-13-14-5-3-2-4-6-14)11-12-18(24)22-16-9-7-15(21)8-10-16/h2-10,17H,11-13H2,1H3,(H,22,24)(H,23,26)/t17-/m0/s1. The summed E-state index contributed by atoms with van der Waals surface area (Å²) in [6, 6.07) is 15.5. The molecular formula is C20H21IN2O5. The molecule has 0 bridgehead atoms. The Bertz CT molecular complexity index is 796. The fraction of sp³-hybridized carbons (Fsp3) is 0.250. The molecule has 2 rings (SSSR count). The number of amides is 2. The first-order chi connectivity index (χ1) is 13.5. The molecule has 0 saturated carbocycles. The number of benzene rings is 2. The first-order valence-electron chi connectivity index (χ1n) is 8.58. The van der Waals surface area contributed by atoms with Crippen LogP contribution in [0.15, 0.2) is 54.6 Å². The van der Waals surface area contributed by atoms with E-state index in [1.807, 2.05) is 42.5 Å². The smallest absolute Gasteiger partial charge is 0.408 e. The van der Waals surface area contributed by atoms with Crippen molar-refractivity contribution in [2.45, 2.75) is 25.5 Å². The molecule has 148 valence electrons. The number of ether oxygens (including phenoxy) is 2. The third kappa shape index (κ3) is 7.55. The zero-order chi connectivity index (χ0) is 20.4. The molecule has 0 spiro atoms. The predicted octanol–water partition coefficient (Wildman–Crippen LogP) is 3.48. The molecule has 2 aromatic carbocycles. The van der Waals surface area contributed by atoms with Gasteiger partial charge in [-0.2, -0.15) is 0 Å². The van der Waals surface area contributed by atoms with Crippen LogP contribution in [-0.4, -0.2) is 31.1 Å². The molecule has 0 aliphatic rings. The number of anilines is 1. The van der Waals surface area contributed by atoms with Gasteiger partial charge in [0.25, 0.3) is 0 Å². The van der Waals surface area contributed by atoms with E-state index in [0.717, 1.165) is 9.13 Å². The monoisotopic (exact) mass is 496 g/mol. The predicted molar refractivity (Wildman–Crippen MR) is 113 cm³/mol. The van der Waals surface area contributed by atoms with Gasteiger partial charge in [-0.1, -0.05) is 30.3 Å². The van der Waals surface area contributed by atoms with Crippen molar-refractivity contribution >= 4 is 46.2 Å². The average Bonchev–Trinajstić information content (AvgIpc) is 2.71. The van der Waals surface area contributed by atoms with E-state index >= 15 is 0 Å². The lowest BCUT2D eigenvalue weighted by Crippen LogP contribution is -2.42. The summed E-state index contributed by atoms with van der Waals surface area (Å²) in [5.41, 5.74) is 1.49. The van der Waals surface area contributed by atoms with E-state index in [1.54, 1.807) is 12.1 Å². The zero-order valence-electron chi connectivity index (χ0n) is 15.3. The number of hydrogen-bond acceptors (Lipinski definition) is 5. The number of halogens is 1. The summed E-state index contributed by atoms with van der Waals surface area (Å²) < 4.78 is 10.9. The van der Waals surface area contributed by atoms with Crippen molar-refractivity contribution in [3.8, 4) is 0 Å². The SMILES string of the molecule is COC(=O)[C@H](CCC(=O)Nc1ccc(I)cc1)NC(=O)OCc1ccccc1. The summed E-state index contributed by atoms with van der Waals surface area (Å²) in [4.78, 5) is 36.0. The van der Waals surface area contributed by atoms with Gasteiger partial charge in [0.05, 0.1) is 7.11 Å². The summed E-state index contributed by atoms with van der Waals surface area (Å²) in [5, 5.41) is 5.19. The molecule has 7 nitrogen and oxygen atoms in total. The van der Waals surface area contributed by atoms with Gasteiger partial charge in [0.1, 0.15) is 12.6 Å². The van der Waals surface area contributed by atoms with Crippen molar-refractivity contribution in [1.29, 1.82) is 0 Å². The summed E-state index contributed by atoms with van der Waals surface area (Å²) >= 11 is 2.17. The van der Waals surface area contributed by atoms with Gasteiger partial charge in [-0.15, -0.1) is 0 Å². The number of carbonyl (C=O) groups excluding carboxylic acids is 3. The highest BCUT2D eigenvalue weighted by molar-refractivity contribution is 14.1. The van der Waals surface area contributed by atoms with Crippen LogP contribution in [0.1, 0.15) is 18.4 Å². The first-order valence-corrected chi connectivity index (χ1v) is 9.66. The van der Waals surface area contributed by atoms with Gasteiger partial charge in [0, 0.05) is 15.7 Å². The zero-order valence-corrected chi connectivity index (χ0v) is 17.5. The Kier molecular flexibility index (Phi) is 8.73. The molecule has 0 fully saturated rings. The Hall–Kier alpha value is -2.62. The van der Waals surface area contributed by atoms with E-state index in [4.69, 9.17) is 9.47 Å². The van der Waals surface area contributed by atoms with Crippen molar-refractivity contribution in [1.82, 2.24) is 5.32 Å². The Morgan fingerprint density at radius 1 is 1.04 bits per heavy atom. The highest BCUT2D eigenvalue weighted by Gasteiger charge is 2.23. The molecule has 0 saturated heterocycles. The van der Waals surface area contributed by atoms with Crippen LogP contribution in [0.25, 0.3) is 0 Å². The maximum Gasteiger partial charge on any atom is 0.408 e. The number of nitrogens with one attached hydrogen (secondary N) is 2. The number of methoxy groups -OCH3 is 1. The molecule has 0 aromatic heterocycles. The van der Waals surface area contributed by atoms with Crippen LogP contribution in [0, 0.1) is 3.57 Å². The Morgan fingerprint density at radius 2 is 1.71 bits per heavy atom. The fourth-order valence-corrected chi connectivity index (χ4v) is 2.69. The van der Waals surface area contributed by atoms with Gasteiger partial charge in [-0.05, 0) is 58.8 Å². The van der Waals surface area contributed by atoms with E-state index in [1.165, 1.54) is 7.11 Å². The van der Waals surface area contributed by atoms with E-state index in [-0.39, 0.29) is 25.4 Å². The molecule has 2 N–H and O–H groups in total. The van der Waals surface area contributed by atoms with Crippen molar-refractivity contribution in [2.24, 2.45) is 0 Å². The second-order valence-electron chi connectivity index (χ2n) is 5.88. The normalized spacial score (nSPS) is 11.2. The molecule has 2 amide bonds. The van der Waals surface area contributed by atoms with Crippen LogP contribution in [0.3, 0.4) is 0 Å². The molecule has 0 aliphatic heterocycles. The number of carbonyl (C=O) groups is 3. The third-order valence-electron chi connectivity index (χ3n) is 3.78. The molecule has 0 aliphatic carbocycles. The minimum atomic E-state index is -0.976. The molecular weight excluding hydrogens is 475 g/mol. The van der Waals surface area contributed by atoms with E-state index in [2.05, 4.69) is 33.2 Å².